The molecule has 0 radical (unpaired) electrons. The Labute approximate surface area is 138 Å². The number of hydrogen-bond acceptors (Lipinski definition) is 2. The molecule has 0 saturated carbocycles. The normalized spacial score (nSPS) is 18.6. The van der Waals surface area contributed by atoms with Gasteiger partial charge in [-0.25, -0.2) is 4.79 Å². The van der Waals surface area contributed by atoms with Crippen molar-refractivity contribution in [3.05, 3.63) is 35.4 Å². The number of benzene rings is 1. The summed E-state index contributed by atoms with van der Waals surface area (Å²) in [5.74, 6) is -0.0794. The third-order valence-corrected chi connectivity index (χ3v) is 4.49. The maximum absolute atomic E-state index is 12.5. The van der Waals surface area contributed by atoms with Crippen LogP contribution in [-0.4, -0.2) is 42.5 Å². The summed E-state index contributed by atoms with van der Waals surface area (Å²) in [4.78, 5) is 26.1. The summed E-state index contributed by atoms with van der Waals surface area (Å²) in [5.41, 5.74) is 2.45. The minimum atomic E-state index is -0.336. The van der Waals surface area contributed by atoms with Crippen molar-refractivity contribution in [3.63, 3.8) is 0 Å². The van der Waals surface area contributed by atoms with Crippen molar-refractivity contribution in [2.45, 2.75) is 51.6 Å². The van der Waals surface area contributed by atoms with Crippen molar-refractivity contribution < 1.29 is 9.59 Å². The molecule has 1 fully saturated rings. The standard InChI is InChI=1S/C18H27N3O2/c1-4-15(12-14-9-7-13(2)8-10-14)20-18(23)21-11-5-6-16(21)17(22)19-3/h7-10,15-16H,4-6,11-12H2,1-3H3,(H,19,22)(H,20,23). The first-order valence-electron chi connectivity index (χ1n) is 8.39. The summed E-state index contributed by atoms with van der Waals surface area (Å²) in [6, 6.07) is 8.00. The predicted molar refractivity (Wildman–Crippen MR) is 91.3 cm³/mol. The van der Waals surface area contributed by atoms with Crippen molar-refractivity contribution in [1.29, 1.82) is 0 Å². The van der Waals surface area contributed by atoms with Crippen LogP contribution < -0.4 is 10.6 Å². The van der Waals surface area contributed by atoms with Crippen molar-refractivity contribution in [2.75, 3.05) is 13.6 Å². The molecule has 23 heavy (non-hydrogen) atoms. The van der Waals surface area contributed by atoms with Gasteiger partial charge in [0, 0.05) is 19.6 Å². The van der Waals surface area contributed by atoms with E-state index in [0.29, 0.717) is 6.54 Å². The minimum Gasteiger partial charge on any atom is -0.357 e. The Morgan fingerprint density at radius 3 is 2.61 bits per heavy atom. The van der Waals surface area contributed by atoms with Crippen LogP contribution in [0.25, 0.3) is 0 Å². The topological polar surface area (TPSA) is 61.4 Å². The molecule has 2 rings (SSSR count). The number of aryl methyl sites for hydroxylation is 1. The molecule has 1 saturated heterocycles. The molecule has 0 aliphatic carbocycles. The number of hydrogen-bond donors (Lipinski definition) is 2. The van der Waals surface area contributed by atoms with E-state index in [1.807, 2.05) is 0 Å². The van der Waals surface area contributed by atoms with Crippen molar-refractivity contribution in [1.82, 2.24) is 15.5 Å². The zero-order valence-electron chi connectivity index (χ0n) is 14.3. The number of likely N-dealkylation sites (N-methyl/N-ethyl adjacent to an activating group) is 1. The summed E-state index contributed by atoms with van der Waals surface area (Å²) in [6.07, 6.45) is 3.28. The van der Waals surface area contributed by atoms with Crippen molar-refractivity contribution in [3.8, 4) is 0 Å². The quantitative estimate of drug-likeness (QED) is 0.875. The van der Waals surface area contributed by atoms with E-state index in [0.717, 1.165) is 25.7 Å². The SMILES string of the molecule is CCC(Cc1ccc(C)cc1)NC(=O)N1CCCC1C(=O)NC. The average Bonchev–Trinajstić information content (AvgIpc) is 3.05. The van der Waals surface area contributed by atoms with Gasteiger partial charge in [-0.3, -0.25) is 4.79 Å². The Balaban J connectivity index is 1.96. The smallest absolute Gasteiger partial charge is 0.318 e. The van der Waals surface area contributed by atoms with Crippen LogP contribution in [0.4, 0.5) is 4.79 Å². The molecular weight excluding hydrogens is 290 g/mol. The molecule has 5 heteroatoms. The van der Waals surface area contributed by atoms with Crippen LogP contribution in [0.5, 0.6) is 0 Å². The van der Waals surface area contributed by atoms with Crippen molar-refractivity contribution >= 4 is 11.9 Å². The molecule has 2 N–H and O–H groups in total. The highest BCUT2D eigenvalue weighted by Crippen LogP contribution is 2.18. The fourth-order valence-corrected chi connectivity index (χ4v) is 3.01. The lowest BCUT2D eigenvalue weighted by atomic mass is 10.0. The van der Waals surface area contributed by atoms with E-state index in [1.165, 1.54) is 11.1 Å². The summed E-state index contributed by atoms with van der Waals surface area (Å²) < 4.78 is 0. The molecule has 5 nitrogen and oxygen atoms in total. The van der Waals surface area contributed by atoms with Gasteiger partial charge in [-0.2, -0.15) is 0 Å². The van der Waals surface area contributed by atoms with Gasteiger partial charge in [0.1, 0.15) is 6.04 Å². The van der Waals surface area contributed by atoms with Crippen LogP contribution in [0.3, 0.4) is 0 Å². The Kier molecular flexibility index (Phi) is 6.02. The molecule has 0 spiro atoms. The first-order valence-corrected chi connectivity index (χ1v) is 8.39. The molecule has 126 valence electrons. The molecule has 3 amide bonds. The fraction of sp³-hybridized carbons (Fsp3) is 0.556. The first-order chi connectivity index (χ1) is 11.0. The number of nitrogens with one attached hydrogen (secondary N) is 2. The second-order valence-corrected chi connectivity index (χ2v) is 6.21. The van der Waals surface area contributed by atoms with Crippen LogP contribution in [0.2, 0.25) is 0 Å². The van der Waals surface area contributed by atoms with E-state index in [-0.39, 0.29) is 24.0 Å². The third-order valence-electron chi connectivity index (χ3n) is 4.49. The van der Waals surface area contributed by atoms with Crippen LogP contribution in [0, 0.1) is 6.92 Å². The molecule has 2 unspecified atom stereocenters. The molecular formula is C18H27N3O2. The molecule has 0 bridgehead atoms. The zero-order valence-corrected chi connectivity index (χ0v) is 14.3. The van der Waals surface area contributed by atoms with Crippen LogP contribution in [0.15, 0.2) is 24.3 Å². The molecule has 0 aromatic heterocycles. The average molecular weight is 317 g/mol. The van der Waals surface area contributed by atoms with Gasteiger partial charge in [0.05, 0.1) is 0 Å². The predicted octanol–water partition coefficient (Wildman–Crippen LogP) is 2.24. The summed E-state index contributed by atoms with van der Waals surface area (Å²) in [7, 11) is 1.61. The van der Waals surface area contributed by atoms with E-state index in [4.69, 9.17) is 0 Å². The van der Waals surface area contributed by atoms with Gasteiger partial charge in [0.25, 0.3) is 0 Å². The summed E-state index contributed by atoms with van der Waals surface area (Å²) in [5, 5.41) is 5.73. The minimum absolute atomic E-state index is 0.0794. The Bertz CT molecular complexity index is 542. The van der Waals surface area contributed by atoms with Gasteiger partial charge in [0.15, 0.2) is 0 Å². The van der Waals surface area contributed by atoms with Gasteiger partial charge < -0.3 is 15.5 Å². The lowest BCUT2D eigenvalue weighted by molar-refractivity contribution is -0.124. The highest BCUT2D eigenvalue weighted by molar-refractivity contribution is 5.87. The maximum atomic E-state index is 12.5. The van der Waals surface area contributed by atoms with Gasteiger partial charge in [-0.1, -0.05) is 36.8 Å². The van der Waals surface area contributed by atoms with Gasteiger partial charge >= 0.3 is 6.03 Å². The third kappa shape index (κ3) is 4.47. The van der Waals surface area contributed by atoms with Gasteiger partial charge in [-0.05, 0) is 38.2 Å². The van der Waals surface area contributed by atoms with E-state index in [9.17, 15) is 9.59 Å². The molecule has 2 atom stereocenters. The van der Waals surface area contributed by atoms with Crippen LogP contribution in [0.1, 0.15) is 37.3 Å². The molecule has 1 aromatic carbocycles. The second kappa shape index (κ2) is 7.99. The largest absolute Gasteiger partial charge is 0.357 e. The van der Waals surface area contributed by atoms with E-state index < -0.39 is 0 Å². The summed E-state index contributed by atoms with van der Waals surface area (Å²) >= 11 is 0. The Hall–Kier alpha value is -2.04. The lowest BCUT2D eigenvalue weighted by Crippen LogP contribution is -2.51. The van der Waals surface area contributed by atoms with Gasteiger partial charge in [-0.15, -0.1) is 0 Å². The number of likely N-dealkylation sites (tertiary alicyclic amines) is 1. The maximum Gasteiger partial charge on any atom is 0.318 e. The molecule has 1 aliphatic rings. The number of rotatable bonds is 5. The van der Waals surface area contributed by atoms with Gasteiger partial charge in [0.2, 0.25) is 5.91 Å². The van der Waals surface area contributed by atoms with Crippen LogP contribution >= 0.6 is 0 Å². The monoisotopic (exact) mass is 317 g/mol. The van der Waals surface area contributed by atoms with Crippen LogP contribution in [-0.2, 0) is 11.2 Å². The van der Waals surface area contributed by atoms with E-state index >= 15 is 0 Å². The molecule has 1 aliphatic heterocycles. The number of carbonyl (C=O) groups excluding carboxylic acids is 2. The van der Waals surface area contributed by atoms with E-state index in [1.54, 1.807) is 11.9 Å². The lowest BCUT2D eigenvalue weighted by Gasteiger charge is -2.26. The number of carbonyl (C=O) groups is 2. The highest BCUT2D eigenvalue weighted by atomic mass is 16.2. The van der Waals surface area contributed by atoms with Crippen molar-refractivity contribution in [2.24, 2.45) is 0 Å². The highest BCUT2D eigenvalue weighted by Gasteiger charge is 2.34. The Morgan fingerprint density at radius 2 is 2.00 bits per heavy atom. The first kappa shape index (κ1) is 17.3. The second-order valence-electron chi connectivity index (χ2n) is 6.21. The Morgan fingerprint density at radius 1 is 1.30 bits per heavy atom. The zero-order chi connectivity index (χ0) is 16.8. The molecule has 1 aromatic rings. The number of nitrogens with zero attached hydrogens (tertiary/aromatic N) is 1. The molecule has 1 heterocycles. The number of urea groups is 1. The fourth-order valence-electron chi connectivity index (χ4n) is 3.01. The summed E-state index contributed by atoms with van der Waals surface area (Å²) in [6.45, 7) is 4.78. The van der Waals surface area contributed by atoms with E-state index in [2.05, 4.69) is 48.7 Å². The number of amides is 3.